The number of para-hydroxylation sites is 1. The van der Waals surface area contributed by atoms with Crippen LogP contribution in [-0.2, 0) is 11.2 Å². The van der Waals surface area contributed by atoms with Gasteiger partial charge in [0.25, 0.3) is 5.56 Å². The lowest BCUT2D eigenvalue weighted by Gasteiger charge is -2.16. The average Bonchev–Trinajstić information content (AvgIpc) is 3.22. The number of aromatic nitrogens is 4. The topological polar surface area (TPSA) is 83.4 Å². The van der Waals surface area contributed by atoms with Gasteiger partial charge < -0.3 is 4.90 Å². The first-order valence-electron chi connectivity index (χ1n) is 8.02. The Morgan fingerprint density at radius 1 is 1.28 bits per heavy atom. The van der Waals surface area contributed by atoms with Crippen molar-refractivity contribution in [3.05, 3.63) is 51.4 Å². The number of nitrogens with one attached hydrogen (secondary N) is 1. The van der Waals surface area contributed by atoms with Gasteiger partial charge in [-0.3, -0.25) is 19.0 Å². The van der Waals surface area contributed by atoms with Crippen LogP contribution < -0.4 is 10.5 Å². The molecule has 0 bridgehead atoms. The van der Waals surface area contributed by atoms with E-state index < -0.39 is 0 Å². The Morgan fingerprint density at radius 2 is 2.08 bits per heavy atom. The van der Waals surface area contributed by atoms with Gasteiger partial charge >= 0.3 is 0 Å². The number of amides is 1. The van der Waals surface area contributed by atoms with E-state index in [2.05, 4.69) is 21.2 Å². The highest BCUT2D eigenvalue weighted by Crippen LogP contribution is 2.28. The van der Waals surface area contributed by atoms with E-state index in [1.807, 2.05) is 30.0 Å². The van der Waals surface area contributed by atoms with Crippen molar-refractivity contribution < 1.29 is 4.79 Å². The molecular weight excluding hydrogens is 338 g/mol. The predicted molar refractivity (Wildman–Crippen MR) is 96.3 cm³/mol. The maximum Gasteiger partial charge on any atom is 0.255 e. The summed E-state index contributed by atoms with van der Waals surface area (Å²) in [6.07, 6.45) is 0.889. The number of benzene rings is 1. The standard InChI is InChI=1S/C17H17N5O2S/c1-10-11(2)22-16(18-15(10)24)19-20-17(22)25-9-14(23)21-8-7-12-5-3-4-6-13(12)21/h3-6H,7-9H2,1-2H3,(H,18,19,24). The fourth-order valence-electron chi connectivity index (χ4n) is 3.08. The van der Waals surface area contributed by atoms with Gasteiger partial charge in [0.2, 0.25) is 11.7 Å². The zero-order valence-corrected chi connectivity index (χ0v) is 14.8. The molecule has 0 saturated carbocycles. The van der Waals surface area contributed by atoms with E-state index in [4.69, 9.17) is 0 Å². The summed E-state index contributed by atoms with van der Waals surface area (Å²) in [4.78, 5) is 29.0. The third-order valence-electron chi connectivity index (χ3n) is 4.59. The maximum atomic E-state index is 12.6. The molecule has 0 saturated heterocycles. The van der Waals surface area contributed by atoms with E-state index >= 15 is 0 Å². The number of hydrogen-bond donors (Lipinski definition) is 1. The van der Waals surface area contributed by atoms with Crippen LogP contribution in [0.15, 0.2) is 34.2 Å². The number of hydrogen-bond acceptors (Lipinski definition) is 5. The summed E-state index contributed by atoms with van der Waals surface area (Å²) < 4.78 is 1.78. The van der Waals surface area contributed by atoms with Gasteiger partial charge in [0.1, 0.15) is 0 Å². The Balaban J connectivity index is 1.56. The molecular formula is C17H17N5O2S. The lowest BCUT2D eigenvalue weighted by molar-refractivity contribution is -0.116. The zero-order chi connectivity index (χ0) is 17.6. The van der Waals surface area contributed by atoms with Gasteiger partial charge in [0.05, 0.1) is 5.75 Å². The Hall–Kier alpha value is -2.61. The van der Waals surface area contributed by atoms with Crippen LogP contribution in [0.4, 0.5) is 5.69 Å². The van der Waals surface area contributed by atoms with Gasteiger partial charge in [0.15, 0.2) is 5.16 Å². The Labute approximate surface area is 148 Å². The number of nitrogens with zero attached hydrogens (tertiary/aromatic N) is 4. The zero-order valence-electron chi connectivity index (χ0n) is 13.9. The molecule has 1 N–H and O–H groups in total. The molecule has 3 heterocycles. The number of rotatable bonds is 3. The van der Waals surface area contributed by atoms with Gasteiger partial charge in [-0.25, -0.2) is 0 Å². The first-order chi connectivity index (χ1) is 12.1. The normalized spacial score (nSPS) is 13.4. The number of thioether (sulfide) groups is 1. The third-order valence-corrected chi connectivity index (χ3v) is 5.50. The highest BCUT2D eigenvalue weighted by atomic mass is 32.2. The van der Waals surface area contributed by atoms with Crippen LogP contribution in [0.2, 0.25) is 0 Å². The van der Waals surface area contributed by atoms with Crippen molar-refractivity contribution in [1.29, 1.82) is 0 Å². The van der Waals surface area contributed by atoms with E-state index in [0.717, 1.165) is 17.8 Å². The molecule has 128 valence electrons. The van der Waals surface area contributed by atoms with Gasteiger partial charge in [-0.15, -0.1) is 10.2 Å². The predicted octanol–water partition coefficient (Wildman–Crippen LogP) is 1.72. The monoisotopic (exact) mass is 355 g/mol. The fourth-order valence-corrected chi connectivity index (χ4v) is 3.94. The SMILES string of the molecule is Cc1c(C)n2c(SCC(=O)N3CCc4ccccc43)nnc2[nH]c1=O. The summed E-state index contributed by atoms with van der Waals surface area (Å²) in [6, 6.07) is 7.99. The number of carbonyl (C=O) groups excluding carboxylic acids is 1. The van der Waals surface area contributed by atoms with Crippen LogP contribution in [0.1, 0.15) is 16.8 Å². The molecule has 1 aliphatic rings. The van der Waals surface area contributed by atoms with Crippen LogP contribution >= 0.6 is 11.8 Å². The molecule has 0 atom stereocenters. The van der Waals surface area contributed by atoms with Crippen LogP contribution in [0.25, 0.3) is 5.78 Å². The number of H-pyrrole nitrogens is 1. The van der Waals surface area contributed by atoms with Gasteiger partial charge in [0, 0.05) is 23.5 Å². The summed E-state index contributed by atoms with van der Waals surface area (Å²) in [6.45, 7) is 4.32. The van der Waals surface area contributed by atoms with Crippen LogP contribution in [0.3, 0.4) is 0 Å². The molecule has 3 aromatic rings. The fraction of sp³-hybridized carbons (Fsp3) is 0.294. The summed E-state index contributed by atoms with van der Waals surface area (Å²) in [7, 11) is 0. The first-order valence-corrected chi connectivity index (χ1v) is 9.00. The molecule has 0 unspecified atom stereocenters. The summed E-state index contributed by atoms with van der Waals surface area (Å²) in [5, 5.41) is 8.73. The van der Waals surface area contributed by atoms with Crippen molar-refractivity contribution in [2.75, 3.05) is 17.2 Å². The van der Waals surface area contributed by atoms with Crippen molar-refractivity contribution in [3.8, 4) is 0 Å². The van der Waals surface area contributed by atoms with Crippen LogP contribution in [-0.4, -0.2) is 37.8 Å². The number of anilines is 1. The number of aryl methyl sites for hydroxylation is 1. The minimum Gasteiger partial charge on any atom is -0.311 e. The molecule has 1 aliphatic heterocycles. The maximum absolute atomic E-state index is 12.6. The smallest absolute Gasteiger partial charge is 0.255 e. The van der Waals surface area contributed by atoms with Gasteiger partial charge in [-0.1, -0.05) is 30.0 Å². The van der Waals surface area contributed by atoms with E-state index in [1.165, 1.54) is 17.3 Å². The van der Waals surface area contributed by atoms with Crippen molar-refractivity contribution in [3.63, 3.8) is 0 Å². The molecule has 0 fully saturated rings. The third kappa shape index (κ3) is 2.62. The molecule has 1 aromatic carbocycles. The number of aromatic amines is 1. The van der Waals surface area contributed by atoms with Crippen molar-refractivity contribution in [1.82, 2.24) is 19.6 Å². The Kier molecular flexibility index (Phi) is 3.84. The van der Waals surface area contributed by atoms with Crippen LogP contribution in [0, 0.1) is 13.8 Å². The lowest BCUT2D eigenvalue weighted by atomic mass is 10.2. The quantitative estimate of drug-likeness (QED) is 0.723. The Bertz CT molecular complexity index is 1040. The minimum atomic E-state index is -0.168. The highest BCUT2D eigenvalue weighted by Gasteiger charge is 2.24. The second-order valence-electron chi connectivity index (χ2n) is 6.02. The van der Waals surface area contributed by atoms with E-state index in [9.17, 15) is 9.59 Å². The molecule has 0 radical (unpaired) electrons. The second-order valence-corrected chi connectivity index (χ2v) is 6.96. The van der Waals surface area contributed by atoms with E-state index in [1.54, 1.807) is 11.3 Å². The van der Waals surface area contributed by atoms with Crippen LogP contribution in [0.5, 0.6) is 0 Å². The summed E-state index contributed by atoms with van der Waals surface area (Å²) in [5.74, 6) is 0.715. The molecule has 0 aliphatic carbocycles. The van der Waals surface area contributed by atoms with E-state index in [0.29, 0.717) is 23.0 Å². The van der Waals surface area contributed by atoms with Gasteiger partial charge in [-0.2, -0.15) is 0 Å². The molecule has 2 aromatic heterocycles. The molecule has 4 rings (SSSR count). The van der Waals surface area contributed by atoms with E-state index in [-0.39, 0.29) is 17.2 Å². The molecule has 0 spiro atoms. The summed E-state index contributed by atoms with van der Waals surface area (Å²) >= 11 is 1.33. The molecule has 1 amide bonds. The second kappa shape index (κ2) is 6.03. The Morgan fingerprint density at radius 3 is 2.92 bits per heavy atom. The van der Waals surface area contributed by atoms with Crippen molar-refractivity contribution >= 4 is 29.1 Å². The van der Waals surface area contributed by atoms with Crippen molar-refractivity contribution in [2.45, 2.75) is 25.4 Å². The highest BCUT2D eigenvalue weighted by molar-refractivity contribution is 7.99. The lowest BCUT2D eigenvalue weighted by Crippen LogP contribution is -2.30. The number of fused-ring (bicyclic) bond motifs is 2. The first kappa shape index (κ1) is 15.9. The largest absolute Gasteiger partial charge is 0.311 e. The minimum absolute atomic E-state index is 0.0468. The molecule has 8 heteroatoms. The molecule has 25 heavy (non-hydrogen) atoms. The van der Waals surface area contributed by atoms with Gasteiger partial charge in [-0.05, 0) is 31.9 Å². The molecule has 7 nitrogen and oxygen atoms in total. The number of carbonyl (C=O) groups is 1. The van der Waals surface area contributed by atoms with Crippen molar-refractivity contribution in [2.24, 2.45) is 0 Å². The summed E-state index contributed by atoms with van der Waals surface area (Å²) in [5.41, 5.74) is 3.44. The average molecular weight is 355 g/mol.